The highest BCUT2D eigenvalue weighted by atomic mass is 16.5. The summed E-state index contributed by atoms with van der Waals surface area (Å²) in [6, 6.07) is 0. The van der Waals surface area contributed by atoms with Crippen LogP contribution in [-0.4, -0.2) is 48.8 Å². The Labute approximate surface area is 97.6 Å². The number of aliphatic hydroxyl groups excluding tert-OH is 1. The summed E-state index contributed by atoms with van der Waals surface area (Å²) in [4.78, 5) is 13.5. The number of carbonyl (C=O) groups excluding carboxylic acids is 1. The van der Waals surface area contributed by atoms with E-state index in [1.807, 2.05) is 7.05 Å². The lowest BCUT2D eigenvalue weighted by molar-refractivity contribution is -0.132. The molecule has 1 atom stereocenters. The maximum atomic E-state index is 11.8. The van der Waals surface area contributed by atoms with E-state index in [9.17, 15) is 4.79 Å². The molecular formula is C12H23NO3. The van der Waals surface area contributed by atoms with E-state index in [1.165, 1.54) is 0 Å². The molecule has 1 saturated heterocycles. The van der Waals surface area contributed by atoms with Crippen LogP contribution in [0.1, 0.15) is 38.5 Å². The molecule has 0 saturated carbocycles. The molecule has 1 rings (SSSR count). The van der Waals surface area contributed by atoms with Crippen molar-refractivity contribution in [2.45, 2.75) is 44.6 Å². The monoisotopic (exact) mass is 229 g/mol. The minimum Gasteiger partial charge on any atom is -0.396 e. The molecule has 1 unspecified atom stereocenters. The predicted molar refractivity (Wildman–Crippen MR) is 62.2 cm³/mol. The van der Waals surface area contributed by atoms with Crippen LogP contribution in [0.15, 0.2) is 0 Å². The Morgan fingerprint density at radius 3 is 2.88 bits per heavy atom. The lowest BCUT2D eigenvalue weighted by Crippen LogP contribution is -2.30. The Morgan fingerprint density at radius 1 is 1.44 bits per heavy atom. The van der Waals surface area contributed by atoms with Crippen molar-refractivity contribution in [3.05, 3.63) is 0 Å². The summed E-state index contributed by atoms with van der Waals surface area (Å²) in [6.45, 7) is 1.83. The maximum absolute atomic E-state index is 11.8. The van der Waals surface area contributed by atoms with Crippen molar-refractivity contribution >= 4 is 5.91 Å². The fourth-order valence-corrected chi connectivity index (χ4v) is 1.92. The quantitative estimate of drug-likeness (QED) is 0.667. The molecular weight excluding hydrogens is 206 g/mol. The number of hydrogen-bond acceptors (Lipinski definition) is 3. The minimum absolute atomic E-state index is 0.146. The lowest BCUT2D eigenvalue weighted by atomic mass is 10.1. The molecule has 4 nitrogen and oxygen atoms in total. The second-order valence-corrected chi connectivity index (χ2v) is 4.44. The number of unbranched alkanes of at least 4 members (excludes halogenated alkanes) is 2. The highest BCUT2D eigenvalue weighted by Crippen LogP contribution is 2.16. The van der Waals surface area contributed by atoms with Gasteiger partial charge >= 0.3 is 0 Å². The van der Waals surface area contributed by atoms with Crippen LogP contribution in [0.2, 0.25) is 0 Å². The molecule has 1 aliphatic rings. The molecule has 0 aromatic carbocycles. The molecule has 0 aromatic heterocycles. The van der Waals surface area contributed by atoms with E-state index in [0.29, 0.717) is 6.42 Å². The van der Waals surface area contributed by atoms with Gasteiger partial charge < -0.3 is 14.7 Å². The van der Waals surface area contributed by atoms with E-state index in [0.717, 1.165) is 45.3 Å². The number of amides is 1. The van der Waals surface area contributed by atoms with Gasteiger partial charge in [-0.25, -0.2) is 0 Å². The summed E-state index contributed by atoms with van der Waals surface area (Å²) in [5, 5.41) is 8.63. The molecule has 0 aromatic rings. The van der Waals surface area contributed by atoms with Crippen molar-refractivity contribution in [1.82, 2.24) is 4.90 Å². The standard InChI is InChI=1S/C12H23NO3/c1-13(7-3-2-4-8-14)12(15)10-11-6-5-9-16-11/h11,14H,2-10H2,1H3. The van der Waals surface area contributed by atoms with Crippen molar-refractivity contribution < 1.29 is 14.6 Å². The fraction of sp³-hybridized carbons (Fsp3) is 0.917. The van der Waals surface area contributed by atoms with Crippen LogP contribution < -0.4 is 0 Å². The van der Waals surface area contributed by atoms with Gasteiger partial charge in [0.2, 0.25) is 5.91 Å². The minimum atomic E-state index is 0.146. The Kier molecular flexibility index (Phi) is 6.42. The number of rotatable bonds is 7. The Hall–Kier alpha value is -0.610. The number of hydrogen-bond donors (Lipinski definition) is 1. The second-order valence-electron chi connectivity index (χ2n) is 4.44. The van der Waals surface area contributed by atoms with Crippen molar-refractivity contribution in [1.29, 1.82) is 0 Å². The van der Waals surface area contributed by atoms with E-state index in [1.54, 1.807) is 4.90 Å². The van der Waals surface area contributed by atoms with Gasteiger partial charge in [-0.2, -0.15) is 0 Å². The highest BCUT2D eigenvalue weighted by molar-refractivity contribution is 5.76. The highest BCUT2D eigenvalue weighted by Gasteiger charge is 2.20. The molecule has 94 valence electrons. The molecule has 0 radical (unpaired) electrons. The summed E-state index contributed by atoms with van der Waals surface area (Å²) in [5.41, 5.74) is 0. The average molecular weight is 229 g/mol. The summed E-state index contributed by atoms with van der Waals surface area (Å²) < 4.78 is 5.44. The van der Waals surface area contributed by atoms with Gasteiger partial charge in [-0.05, 0) is 32.1 Å². The Balaban J connectivity index is 2.09. The Morgan fingerprint density at radius 2 is 2.25 bits per heavy atom. The third-order valence-corrected chi connectivity index (χ3v) is 3.00. The summed E-state index contributed by atoms with van der Waals surface area (Å²) in [6.07, 6.45) is 5.54. The zero-order valence-corrected chi connectivity index (χ0v) is 10.2. The molecule has 0 bridgehead atoms. The van der Waals surface area contributed by atoms with Crippen LogP contribution in [0, 0.1) is 0 Å². The van der Waals surface area contributed by atoms with Gasteiger partial charge in [-0.15, -0.1) is 0 Å². The van der Waals surface area contributed by atoms with Crippen LogP contribution in [0.3, 0.4) is 0 Å². The normalized spacial score (nSPS) is 20.0. The molecule has 4 heteroatoms. The van der Waals surface area contributed by atoms with E-state index in [4.69, 9.17) is 9.84 Å². The number of carbonyl (C=O) groups is 1. The largest absolute Gasteiger partial charge is 0.396 e. The molecule has 0 aliphatic carbocycles. The third-order valence-electron chi connectivity index (χ3n) is 3.00. The molecule has 1 N–H and O–H groups in total. The van der Waals surface area contributed by atoms with Crippen LogP contribution >= 0.6 is 0 Å². The van der Waals surface area contributed by atoms with E-state index < -0.39 is 0 Å². The van der Waals surface area contributed by atoms with E-state index in [-0.39, 0.29) is 18.6 Å². The molecule has 1 fully saturated rings. The molecule has 1 amide bonds. The summed E-state index contributed by atoms with van der Waals surface area (Å²) in [5.74, 6) is 0.177. The van der Waals surface area contributed by atoms with Crippen molar-refractivity contribution in [3.8, 4) is 0 Å². The van der Waals surface area contributed by atoms with Crippen molar-refractivity contribution in [2.75, 3.05) is 26.8 Å². The topological polar surface area (TPSA) is 49.8 Å². The smallest absolute Gasteiger partial charge is 0.224 e. The number of ether oxygens (including phenoxy) is 1. The van der Waals surface area contributed by atoms with Gasteiger partial charge in [0.25, 0.3) is 0 Å². The fourth-order valence-electron chi connectivity index (χ4n) is 1.92. The third kappa shape index (κ3) is 4.94. The van der Waals surface area contributed by atoms with Crippen molar-refractivity contribution in [2.24, 2.45) is 0 Å². The van der Waals surface area contributed by atoms with Crippen LogP contribution in [-0.2, 0) is 9.53 Å². The maximum Gasteiger partial charge on any atom is 0.224 e. The van der Waals surface area contributed by atoms with E-state index >= 15 is 0 Å². The first-order valence-electron chi connectivity index (χ1n) is 6.20. The second kappa shape index (κ2) is 7.63. The van der Waals surface area contributed by atoms with Gasteiger partial charge in [0.05, 0.1) is 12.5 Å². The SMILES string of the molecule is CN(CCCCCO)C(=O)CC1CCCO1. The zero-order valence-electron chi connectivity index (χ0n) is 10.2. The van der Waals surface area contributed by atoms with Crippen LogP contribution in [0.5, 0.6) is 0 Å². The van der Waals surface area contributed by atoms with Crippen LogP contribution in [0.25, 0.3) is 0 Å². The first kappa shape index (κ1) is 13.5. The predicted octanol–water partition coefficient (Wildman–Crippen LogP) is 1.18. The summed E-state index contributed by atoms with van der Waals surface area (Å²) in [7, 11) is 1.84. The zero-order chi connectivity index (χ0) is 11.8. The average Bonchev–Trinajstić information content (AvgIpc) is 2.76. The first-order chi connectivity index (χ1) is 7.74. The lowest BCUT2D eigenvalue weighted by Gasteiger charge is -2.19. The van der Waals surface area contributed by atoms with Gasteiger partial charge in [0, 0.05) is 26.8 Å². The van der Waals surface area contributed by atoms with Gasteiger partial charge in [0.15, 0.2) is 0 Å². The number of aliphatic hydroxyl groups is 1. The molecule has 16 heavy (non-hydrogen) atoms. The molecule has 1 heterocycles. The van der Waals surface area contributed by atoms with E-state index in [2.05, 4.69) is 0 Å². The van der Waals surface area contributed by atoms with Gasteiger partial charge in [-0.1, -0.05) is 0 Å². The van der Waals surface area contributed by atoms with Crippen LogP contribution in [0.4, 0.5) is 0 Å². The number of nitrogens with zero attached hydrogens (tertiary/aromatic N) is 1. The summed E-state index contributed by atoms with van der Waals surface area (Å²) >= 11 is 0. The Bertz CT molecular complexity index is 202. The van der Waals surface area contributed by atoms with Gasteiger partial charge in [-0.3, -0.25) is 4.79 Å². The first-order valence-corrected chi connectivity index (χ1v) is 6.20. The van der Waals surface area contributed by atoms with Gasteiger partial charge in [0.1, 0.15) is 0 Å². The molecule has 1 aliphatic heterocycles. The van der Waals surface area contributed by atoms with Crippen molar-refractivity contribution in [3.63, 3.8) is 0 Å². The molecule has 0 spiro atoms.